The fourth-order valence-electron chi connectivity index (χ4n) is 3.97. The first-order valence-electron chi connectivity index (χ1n) is 10.3. The highest BCUT2D eigenvalue weighted by atomic mass is 35.5. The first kappa shape index (κ1) is 22.8. The molecule has 0 spiro atoms. The minimum absolute atomic E-state index is 0.0916. The quantitative estimate of drug-likeness (QED) is 0.713. The second-order valence-electron chi connectivity index (χ2n) is 8.17. The van der Waals surface area contributed by atoms with E-state index in [0.717, 1.165) is 16.7 Å². The van der Waals surface area contributed by atoms with Gasteiger partial charge in [-0.15, -0.1) is 0 Å². The third-order valence-electron chi connectivity index (χ3n) is 5.65. The molecule has 0 unspecified atom stereocenters. The average molecular weight is 449 g/mol. The van der Waals surface area contributed by atoms with Gasteiger partial charge in [-0.1, -0.05) is 47.5 Å². The summed E-state index contributed by atoms with van der Waals surface area (Å²) in [6, 6.07) is 12.9. The van der Waals surface area contributed by atoms with Crippen LogP contribution < -0.4 is 5.32 Å². The Morgan fingerprint density at radius 3 is 2.73 bits per heavy atom. The van der Waals surface area contributed by atoms with Gasteiger partial charge in [-0.05, 0) is 62.4 Å². The van der Waals surface area contributed by atoms with Gasteiger partial charge in [-0.3, -0.25) is 4.79 Å². The third kappa shape index (κ3) is 5.62. The van der Waals surface area contributed by atoms with Gasteiger partial charge in [-0.25, -0.2) is 12.7 Å². The van der Waals surface area contributed by atoms with E-state index in [9.17, 15) is 13.2 Å². The number of halogens is 1. The Morgan fingerprint density at radius 2 is 2.00 bits per heavy atom. The summed E-state index contributed by atoms with van der Waals surface area (Å²) in [7, 11) is -3.52. The van der Waals surface area contributed by atoms with Crippen molar-refractivity contribution in [2.75, 3.05) is 13.1 Å². The molecule has 1 aliphatic rings. The summed E-state index contributed by atoms with van der Waals surface area (Å²) in [6.45, 7) is 6.69. The van der Waals surface area contributed by atoms with Crippen molar-refractivity contribution in [2.24, 2.45) is 5.92 Å². The fourth-order valence-corrected chi connectivity index (χ4v) is 5.78. The summed E-state index contributed by atoms with van der Waals surface area (Å²) in [5.74, 6) is -0.549. The lowest BCUT2D eigenvalue weighted by Crippen LogP contribution is -2.46. The van der Waals surface area contributed by atoms with Gasteiger partial charge in [0.15, 0.2) is 0 Å². The summed E-state index contributed by atoms with van der Waals surface area (Å²) in [4.78, 5) is 12.9. The lowest BCUT2D eigenvalue weighted by Gasteiger charge is -2.32. The number of aryl methyl sites for hydroxylation is 2. The van der Waals surface area contributed by atoms with E-state index in [1.54, 1.807) is 24.3 Å². The summed E-state index contributed by atoms with van der Waals surface area (Å²) >= 11 is 5.98. The van der Waals surface area contributed by atoms with E-state index < -0.39 is 10.0 Å². The molecule has 2 atom stereocenters. The Balaban J connectivity index is 1.66. The smallest absolute Gasteiger partial charge is 0.224 e. The van der Waals surface area contributed by atoms with Gasteiger partial charge in [-0.2, -0.15) is 0 Å². The Kier molecular flexibility index (Phi) is 7.22. The van der Waals surface area contributed by atoms with Gasteiger partial charge < -0.3 is 5.32 Å². The average Bonchev–Trinajstić information content (AvgIpc) is 2.69. The Bertz CT molecular complexity index is 1020. The molecule has 7 heteroatoms. The zero-order valence-electron chi connectivity index (χ0n) is 17.7. The topological polar surface area (TPSA) is 66.5 Å². The zero-order chi connectivity index (χ0) is 21.9. The number of rotatable bonds is 6. The molecule has 1 N–H and O–H groups in total. The van der Waals surface area contributed by atoms with Crippen LogP contribution in [0.3, 0.4) is 0 Å². The molecule has 0 aliphatic carbocycles. The van der Waals surface area contributed by atoms with Crippen molar-refractivity contribution in [3.05, 3.63) is 69.7 Å². The predicted molar refractivity (Wildman–Crippen MR) is 121 cm³/mol. The van der Waals surface area contributed by atoms with Crippen LogP contribution in [0.2, 0.25) is 5.02 Å². The molecule has 1 aliphatic heterocycles. The van der Waals surface area contributed by atoms with E-state index >= 15 is 0 Å². The SMILES string of the molecule is Cc1ccc(C)c([C@H](C)NC(=O)[C@H]2CCCN(S(=O)(=O)Cc3cccc(Cl)c3)C2)c1. The zero-order valence-corrected chi connectivity index (χ0v) is 19.3. The van der Waals surface area contributed by atoms with Crippen LogP contribution in [0.5, 0.6) is 0 Å². The van der Waals surface area contributed by atoms with Crippen LogP contribution in [0.25, 0.3) is 0 Å². The van der Waals surface area contributed by atoms with Crippen LogP contribution in [-0.2, 0) is 20.6 Å². The summed E-state index contributed by atoms with van der Waals surface area (Å²) in [5, 5.41) is 3.60. The molecule has 5 nitrogen and oxygen atoms in total. The van der Waals surface area contributed by atoms with Gasteiger partial charge in [0.2, 0.25) is 15.9 Å². The highest BCUT2D eigenvalue weighted by molar-refractivity contribution is 7.88. The van der Waals surface area contributed by atoms with E-state index in [4.69, 9.17) is 11.6 Å². The molecule has 1 heterocycles. The minimum atomic E-state index is -3.52. The molecule has 1 amide bonds. The van der Waals surface area contributed by atoms with Crippen LogP contribution in [-0.4, -0.2) is 31.7 Å². The highest BCUT2D eigenvalue weighted by Crippen LogP contribution is 2.24. The standard InChI is InChI=1S/C23H29ClN2O3S/c1-16-9-10-17(2)22(12-16)18(3)25-23(27)20-7-5-11-26(14-20)30(28,29)15-19-6-4-8-21(24)13-19/h4,6,8-10,12-13,18,20H,5,7,11,14-15H2,1-3H3,(H,25,27)/t18-,20-/m0/s1. The van der Waals surface area contributed by atoms with Crippen LogP contribution >= 0.6 is 11.6 Å². The lowest BCUT2D eigenvalue weighted by molar-refractivity contribution is -0.126. The van der Waals surface area contributed by atoms with Gasteiger partial charge in [0.1, 0.15) is 0 Å². The maximum Gasteiger partial charge on any atom is 0.224 e. The second kappa shape index (κ2) is 9.50. The van der Waals surface area contributed by atoms with Gasteiger partial charge in [0, 0.05) is 18.1 Å². The van der Waals surface area contributed by atoms with E-state index in [-0.39, 0.29) is 30.2 Å². The van der Waals surface area contributed by atoms with Crippen molar-refractivity contribution >= 4 is 27.5 Å². The number of carbonyl (C=O) groups excluding carboxylic acids is 1. The van der Waals surface area contributed by atoms with Crippen LogP contribution in [0.1, 0.15) is 48.1 Å². The van der Waals surface area contributed by atoms with E-state index in [2.05, 4.69) is 23.5 Å². The van der Waals surface area contributed by atoms with E-state index in [0.29, 0.717) is 30.0 Å². The lowest BCUT2D eigenvalue weighted by atomic mass is 9.96. The number of amides is 1. The first-order chi connectivity index (χ1) is 14.2. The van der Waals surface area contributed by atoms with Gasteiger partial charge in [0.25, 0.3) is 0 Å². The maximum atomic E-state index is 12.9. The molecular weight excluding hydrogens is 420 g/mol. The highest BCUT2D eigenvalue weighted by Gasteiger charge is 2.33. The Labute approximate surface area is 184 Å². The first-order valence-corrected chi connectivity index (χ1v) is 12.2. The Morgan fingerprint density at radius 1 is 1.23 bits per heavy atom. The third-order valence-corrected chi connectivity index (χ3v) is 7.70. The molecular formula is C23H29ClN2O3S. The van der Waals surface area contributed by atoms with E-state index in [1.165, 1.54) is 4.31 Å². The number of benzene rings is 2. The number of nitrogens with one attached hydrogen (secondary N) is 1. The number of nitrogens with zero attached hydrogens (tertiary/aromatic N) is 1. The number of hydrogen-bond donors (Lipinski definition) is 1. The molecule has 0 bridgehead atoms. The maximum absolute atomic E-state index is 12.9. The summed E-state index contributed by atoms with van der Waals surface area (Å²) in [6.07, 6.45) is 1.36. The number of piperidine rings is 1. The summed E-state index contributed by atoms with van der Waals surface area (Å²) in [5.41, 5.74) is 4.01. The number of hydrogen-bond acceptors (Lipinski definition) is 3. The molecule has 0 aromatic heterocycles. The number of carbonyl (C=O) groups is 1. The van der Waals surface area contributed by atoms with Crippen molar-refractivity contribution in [1.29, 1.82) is 0 Å². The normalized spacial score (nSPS) is 18.7. The molecule has 2 aromatic rings. The molecule has 2 aromatic carbocycles. The number of sulfonamides is 1. The van der Waals surface area contributed by atoms with Gasteiger partial charge >= 0.3 is 0 Å². The van der Waals surface area contributed by atoms with Crippen molar-refractivity contribution in [2.45, 2.75) is 45.4 Å². The van der Waals surface area contributed by atoms with Gasteiger partial charge in [0.05, 0.1) is 17.7 Å². The molecule has 1 saturated heterocycles. The largest absolute Gasteiger partial charge is 0.349 e. The van der Waals surface area contributed by atoms with E-state index in [1.807, 2.05) is 20.8 Å². The van der Waals surface area contributed by atoms with Crippen molar-refractivity contribution < 1.29 is 13.2 Å². The van der Waals surface area contributed by atoms with Crippen molar-refractivity contribution in [3.8, 4) is 0 Å². The Hall–Kier alpha value is -1.89. The molecule has 3 rings (SSSR count). The van der Waals surface area contributed by atoms with Crippen LogP contribution in [0.4, 0.5) is 0 Å². The molecule has 0 radical (unpaired) electrons. The molecule has 162 valence electrons. The minimum Gasteiger partial charge on any atom is -0.349 e. The van der Waals surface area contributed by atoms with Crippen molar-refractivity contribution in [3.63, 3.8) is 0 Å². The van der Waals surface area contributed by atoms with Crippen molar-refractivity contribution in [1.82, 2.24) is 9.62 Å². The summed E-state index contributed by atoms with van der Waals surface area (Å²) < 4.78 is 27.3. The van der Waals surface area contributed by atoms with Crippen LogP contribution in [0, 0.1) is 19.8 Å². The van der Waals surface area contributed by atoms with Crippen LogP contribution in [0.15, 0.2) is 42.5 Å². The predicted octanol–water partition coefficient (Wildman–Crippen LogP) is 4.38. The molecule has 1 fully saturated rings. The molecule has 30 heavy (non-hydrogen) atoms. The monoisotopic (exact) mass is 448 g/mol. The fraction of sp³-hybridized carbons (Fsp3) is 0.435. The second-order valence-corrected chi connectivity index (χ2v) is 10.6. The molecule has 0 saturated carbocycles.